The molecule has 1 aliphatic heterocycles. The highest BCUT2D eigenvalue weighted by molar-refractivity contribution is 9.10. The van der Waals surface area contributed by atoms with E-state index >= 15 is 0 Å². The van der Waals surface area contributed by atoms with Gasteiger partial charge >= 0.3 is 0 Å². The molecule has 0 unspecified atom stereocenters. The predicted molar refractivity (Wildman–Crippen MR) is 93.6 cm³/mol. The third-order valence-electron chi connectivity index (χ3n) is 4.80. The third kappa shape index (κ3) is 2.36. The average Bonchev–Trinajstić information content (AvgIpc) is 3.04. The fourth-order valence-corrected chi connectivity index (χ4v) is 4.02. The molecule has 0 amide bonds. The van der Waals surface area contributed by atoms with E-state index in [0.717, 1.165) is 22.0 Å². The van der Waals surface area contributed by atoms with Gasteiger partial charge in [-0.15, -0.1) is 0 Å². The first kappa shape index (κ1) is 14.5. The lowest BCUT2D eigenvalue weighted by Crippen LogP contribution is -2.29. The van der Waals surface area contributed by atoms with Crippen LogP contribution in [0.4, 0.5) is 11.4 Å². The molecular formula is C18H15BrN2O2. The fraction of sp³-hybridized carbons (Fsp3) is 0.222. The number of benzene rings is 2. The molecule has 2 aliphatic rings. The highest BCUT2D eigenvalue weighted by Crippen LogP contribution is 2.51. The van der Waals surface area contributed by atoms with Crippen LogP contribution < -0.4 is 5.32 Å². The fourth-order valence-electron chi connectivity index (χ4n) is 3.76. The molecular weight excluding hydrogens is 356 g/mol. The molecule has 2 aromatic rings. The van der Waals surface area contributed by atoms with Crippen molar-refractivity contribution in [3.63, 3.8) is 0 Å². The Hall–Kier alpha value is -2.14. The molecule has 3 atom stereocenters. The summed E-state index contributed by atoms with van der Waals surface area (Å²) in [4.78, 5) is 11.1. The normalized spacial score (nSPS) is 24.7. The second kappa shape index (κ2) is 5.49. The van der Waals surface area contributed by atoms with Gasteiger partial charge in [0, 0.05) is 16.5 Å². The minimum atomic E-state index is -0.302. The number of para-hydroxylation sites is 1. The first-order valence-electron chi connectivity index (χ1n) is 7.61. The van der Waals surface area contributed by atoms with Crippen LogP contribution in [0.2, 0.25) is 0 Å². The van der Waals surface area contributed by atoms with Gasteiger partial charge in [-0.25, -0.2) is 0 Å². The number of anilines is 1. The standard InChI is InChI=1S/C18H15BrN2O2/c19-12-9-7-11(8-10-12)17-14-4-1-3-13(14)15-5-2-6-16(21(22)23)18(15)20-17/h1-3,5-10,13-14,17,20H,4H2/t13-,14-,17-/m0/s1. The molecule has 4 nitrogen and oxygen atoms in total. The number of allylic oxidation sites excluding steroid dienone is 2. The number of nitro benzene ring substituents is 1. The van der Waals surface area contributed by atoms with Crippen molar-refractivity contribution in [2.45, 2.75) is 18.4 Å². The lowest BCUT2D eigenvalue weighted by atomic mass is 9.77. The summed E-state index contributed by atoms with van der Waals surface area (Å²) in [5.74, 6) is 0.630. The summed E-state index contributed by atoms with van der Waals surface area (Å²) in [6.07, 6.45) is 5.37. The van der Waals surface area contributed by atoms with Gasteiger partial charge in [0.1, 0.15) is 5.69 Å². The van der Waals surface area contributed by atoms with Crippen molar-refractivity contribution in [3.8, 4) is 0 Å². The third-order valence-corrected chi connectivity index (χ3v) is 5.33. The topological polar surface area (TPSA) is 55.2 Å². The van der Waals surface area contributed by atoms with Gasteiger partial charge in [-0.05, 0) is 35.6 Å². The van der Waals surface area contributed by atoms with Crippen LogP contribution in [0.5, 0.6) is 0 Å². The quantitative estimate of drug-likeness (QED) is 0.449. The van der Waals surface area contributed by atoms with E-state index in [9.17, 15) is 10.1 Å². The molecule has 0 saturated carbocycles. The number of nitrogens with one attached hydrogen (secondary N) is 1. The monoisotopic (exact) mass is 370 g/mol. The number of rotatable bonds is 2. The summed E-state index contributed by atoms with van der Waals surface area (Å²) in [6, 6.07) is 13.6. The van der Waals surface area contributed by atoms with Gasteiger partial charge in [-0.1, -0.05) is 52.3 Å². The van der Waals surface area contributed by atoms with Gasteiger partial charge in [0.2, 0.25) is 0 Å². The van der Waals surface area contributed by atoms with Crippen LogP contribution in [0, 0.1) is 16.0 Å². The van der Waals surface area contributed by atoms with E-state index in [0.29, 0.717) is 11.6 Å². The molecule has 1 aliphatic carbocycles. The van der Waals surface area contributed by atoms with Gasteiger partial charge in [0.05, 0.1) is 11.0 Å². The number of hydrogen-bond acceptors (Lipinski definition) is 3. The van der Waals surface area contributed by atoms with E-state index in [2.05, 4.69) is 45.5 Å². The smallest absolute Gasteiger partial charge is 0.292 e. The molecule has 0 bridgehead atoms. The van der Waals surface area contributed by atoms with E-state index in [1.807, 2.05) is 18.2 Å². The Bertz CT molecular complexity index is 801. The maximum atomic E-state index is 11.4. The average molecular weight is 371 g/mol. The zero-order valence-corrected chi connectivity index (χ0v) is 13.9. The van der Waals surface area contributed by atoms with Gasteiger partial charge in [-0.3, -0.25) is 10.1 Å². The molecule has 23 heavy (non-hydrogen) atoms. The minimum absolute atomic E-state index is 0.0803. The first-order valence-corrected chi connectivity index (χ1v) is 8.40. The van der Waals surface area contributed by atoms with E-state index in [-0.39, 0.29) is 22.6 Å². The van der Waals surface area contributed by atoms with Crippen LogP contribution in [-0.2, 0) is 0 Å². The molecule has 0 fully saturated rings. The lowest BCUT2D eigenvalue weighted by Gasteiger charge is -2.37. The van der Waals surface area contributed by atoms with Crippen molar-refractivity contribution < 1.29 is 4.92 Å². The van der Waals surface area contributed by atoms with Crippen molar-refractivity contribution in [3.05, 3.63) is 80.3 Å². The molecule has 5 heteroatoms. The lowest BCUT2D eigenvalue weighted by molar-refractivity contribution is -0.384. The highest BCUT2D eigenvalue weighted by Gasteiger charge is 2.40. The van der Waals surface area contributed by atoms with Crippen LogP contribution in [0.25, 0.3) is 0 Å². The molecule has 1 heterocycles. The summed E-state index contributed by atoms with van der Waals surface area (Å²) in [6.45, 7) is 0. The van der Waals surface area contributed by atoms with Crippen LogP contribution in [-0.4, -0.2) is 4.92 Å². The number of nitrogens with zero attached hydrogens (tertiary/aromatic N) is 1. The summed E-state index contributed by atoms with van der Waals surface area (Å²) >= 11 is 3.46. The zero-order chi connectivity index (χ0) is 16.0. The Balaban J connectivity index is 1.83. The Kier molecular flexibility index (Phi) is 3.45. The Morgan fingerprint density at radius 3 is 2.70 bits per heavy atom. The zero-order valence-electron chi connectivity index (χ0n) is 12.3. The second-order valence-corrected chi connectivity index (χ2v) is 6.94. The van der Waals surface area contributed by atoms with Crippen LogP contribution >= 0.6 is 15.9 Å². The number of nitro groups is 1. The molecule has 2 aromatic carbocycles. The SMILES string of the molecule is O=[N+]([O-])c1cccc2c1N[C@@H](c1ccc(Br)cc1)[C@H]1CC=C[C@H]21. The van der Waals surface area contributed by atoms with Gasteiger partial charge < -0.3 is 5.32 Å². The number of hydrogen-bond donors (Lipinski definition) is 1. The van der Waals surface area contributed by atoms with Crippen molar-refractivity contribution in [2.75, 3.05) is 5.32 Å². The molecule has 0 radical (unpaired) electrons. The van der Waals surface area contributed by atoms with E-state index in [1.165, 1.54) is 0 Å². The number of halogens is 1. The largest absolute Gasteiger partial charge is 0.372 e. The van der Waals surface area contributed by atoms with Crippen LogP contribution in [0.15, 0.2) is 59.1 Å². The molecule has 0 aromatic heterocycles. The summed E-state index contributed by atoms with van der Waals surface area (Å²) < 4.78 is 1.03. The van der Waals surface area contributed by atoms with Crippen molar-refractivity contribution in [2.24, 2.45) is 5.92 Å². The molecule has 4 rings (SSSR count). The predicted octanol–water partition coefficient (Wildman–Crippen LogP) is 5.18. The van der Waals surface area contributed by atoms with E-state index in [1.54, 1.807) is 12.1 Å². The Labute approximate surface area is 142 Å². The summed E-state index contributed by atoms with van der Waals surface area (Å²) in [5.41, 5.74) is 3.02. The van der Waals surface area contributed by atoms with Gasteiger partial charge in [0.15, 0.2) is 0 Å². The maximum Gasteiger partial charge on any atom is 0.292 e. The van der Waals surface area contributed by atoms with E-state index in [4.69, 9.17) is 0 Å². The molecule has 0 saturated heterocycles. The second-order valence-electron chi connectivity index (χ2n) is 6.03. The Morgan fingerprint density at radius 2 is 1.96 bits per heavy atom. The maximum absolute atomic E-state index is 11.4. The van der Waals surface area contributed by atoms with Gasteiger partial charge in [-0.2, -0.15) is 0 Å². The molecule has 116 valence electrons. The highest BCUT2D eigenvalue weighted by atomic mass is 79.9. The van der Waals surface area contributed by atoms with Gasteiger partial charge in [0.25, 0.3) is 5.69 Å². The minimum Gasteiger partial charge on any atom is -0.372 e. The molecule has 0 spiro atoms. The van der Waals surface area contributed by atoms with Crippen LogP contribution in [0.3, 0.4) is 0 Å². The van der Waals surface area contributed by atoms with Crippen LogP contribution in [0.1, 0.15) is 29.5 Å². The van der Waals surface area contributed by atoms with Crippen molar-refractivity contribution >= 4 is 27.3 Å². The van der Waals surface area contributed by atoms with Crippen molar-refractivity contribution in [1.82, 2.24) is 0 Å². The summed E-state index contributed by atoms with van der Waals surface area (Å²) in [5, 5.41) is 14.9. The number of fused-ring (bicyclic) bond motifs is 3. The molecule has 1 N–H and O–H groups in total. The summed E-state index contributed by atoms with van der Waals surface area (Å²) in [7, 11) is 0. The Morgan fingerprint density at radius 1 is 1.17 bits per heavy atom. The van der Waals surface area contributed by atoms with E-state index < -0.39 is 0 Å². The van der Waals surface area contributed by atoms with Crippen molar-refractivity contribution in [1.29, 1.82) is 0 Å². The first-order chi connectivity index (χ1) is 11.1.